The number of hydrogen-bond acceptors (Lipinski definition) is 4. The first-order chi connectivity index (χ1) is 10.5. The fraction of sp³-hybridized carbons (Fsp3) is 0.176. The normalized spacial score (nSPS) is 12.8. The summed E-state index contributed by atoms with van der Waals surface area (Å²) in [6.07, 6.45) is 2.46. The Hall–Kier alpha value is -1.98. The van der Waals surface area contributed by atoms with Crippen molar-refractivity contribution in [1.29, 1.82) is 0 Å². The third-order valence-electron chi connectivity index (χ3n) is 3.20. The first-order valence-electron chi connectivity index (χ1n) is 6.68. The lowest BCUT2D eigenvalue weighted by molar-refractivity contribution is -0.135. The van der Waals surface area contributed by atoms with Gasteiger partial charge in [-0.25, -0.2) is 4.79 Å². The lowest BCUT2D eigenvalue weighted by atomic mass is 9.98. The number of carbonyl (C=O) groups excluding carboxylic acids is 1. The zero-order valence-corrected chi connectivity index (χ0v) is 13.9. The molecular weight excluding hydrogens is 346 g/mol. The van der Waals surface area contributed by atoms with Crippen LogP contribution in [0.5, 0.6) is 0 Å². The van der Waals surface area contributed by atoms with Gasteiger partial charge in [0, 0.05) is 16.2 Å². The molecule has 1 atom stereocenters. The highest BCUT2D eigenvalue weighted by atomic mass is 79.9. The molecule has 0 amide bonds. The van der Waals surface area contributed by atoms with Gasteiger partial charge in [0.2, 0.25) is 0 Å². The highest BCUT2D eigenvalue weighted by molar-refractivity contribution is 9.10. The summed E-state index contributed by atoms with van der Waals surface area (Å²) in [5, 5.41) is 10.5. The van der Waals surface area contributed by atoms with Gasteiger partial charge in [-0.1, -0.05) is 24.3 Å². The van der Waals surface area contributed by atoms with E-state index in [-0.39, 0.29) is 0 Å². The fourth-order valence-electron chi connectivity index (χ4n) is 2.05. The second-order valence-corrected chi connectivity index (χ2v) is 5.67. The second-order valence-electron chi connectivity index (χ2n) is 4.75. The first-order valence-corrected chi connectivity index (χ1v) is 7.47. The van der Waals surface area contributed by atoms with Crippen molar-refractivity contribution < 1.29 is 14.6 Å². The van der Waals surface area contributed by atoms with Crippen LogP contribution >= 0.6 is 15.9 Å². The Bertz CT molecular complexity index is 695. The van der Waals surface area contributed by atoms with E-state index in [9.17, 15) is 9.90 Å². The molecule has 1 aromatic carbocycles. The number of pyridine rings is 1. The Kier molecular flexibility index (Phi) is 5.46. The summed E-state index contributed by atoms with van der Waals surface area (Å²) >= 11 is 3.32. The molecule has 1 aromatic heterocycles. The van der Waals surface area contributed by atoms with Crippen molar-refractivity contribution in [3.05, 3.63) is 69.5 Å². The second kappa shape index (κ2) is 7.33. The minimum atomic E-state index is -0.869. The molecule has 2 aromatic rings. The van der Waals surface area contributed by atoms with E-state index < -0.39 is 12.1 Å². The van der Waals surface area contributed by atoms with Gasteiger partial charge in [0.15, 0.2) is 0 Å². The van der Waals surface area contributed by atoms with Gasteiger partial charge in [-0.2, -0.15) is 0 Å². The van der Waals surface area contributed by atoms with E-state index >= 15 is 0 Å². The van der Waals surface area contributed by atoms with Crippen LogP contribution < -0.4 is 0 Å². The number of aliphatic hydroxyl groups excluding tert-OH is 1. The van der Waals surface area contributed by atoms with Crippen molar-refractivity contribution in [2.75, 3.05) is 7.11 Å². The van der Waals surface area contributed by atoms with Crippen LogP contribution in [0.3, 0.4) is 0 Å². The third-order valence-corrected chi connectivity index (χ3v) is 3.67. The standard InChI is InChI=1S/C17H16BrNO3/c1-11(17(21)22-2)9-12-5-3-4-6-14(12)16(20)15-8-7-13(18)10-19-15/h3-10,16,20H,1-2H3/b11-9+. The van der Waals surface area contributed by atoms with Crippen LogP contribution in [-0.4, -0.2) is 23.2 Å². The molecule has 2 rings (SSSR count). The highest BCUT2D eigenvalue weighted by Gasteiger charge is 2.15. The molecule has 0 saturated heterocycles. The third kappa shape index (κ3) is 3.81. The van der Waals surface area contributed by atoms with Gasteiger partial charge in [0.25, 0.3) is 0 Å². The molecule has 0 saturated carbocycles. The Labute approximate surface area is 137 Å². The van der Waals surface area contributed by atoms with Gasteiger partial charge in [0.1, 0.15) is 6.10 Å². The number of aromatic nitrogens is 1. The molecule has 5 heteroatoms. The van der Waals surface area contributed by atoms with Crippen molar-refractivity contribution >= 4 is 28.0 Å². The predicted octanol–water partition coefficient (Wildman–Crippen LogP) is 3.50. The summed E-state index contributed by atoms with van der Waals surface area (Å²) in [7, 11) is 1.34. The number of methoxy groups -OCH3 is 1. The molecule has 22 heavy (non-hydrogen) atoms. The lowest BCUT2D eigenvalue weighted by Gasteiger charge is -2.14. The van der Waals surface area contributed by atoms with Crippen LogP contribution in [0.15, 0.2) is 52.6 Å². The van der Waals surface area contributed by atoms with Crippen molar-refractivity contribution in [3.8, 4) is 0 Å². The summed E-state index contributed by atoms with van der Waals surface area (Å²) < 4.78 is 5.54. The van der Waals surface area contributed by atoms with Gasteiger partial charge in [-0.05, 0) is 52.2 Å². The van der Waals surface area contributed by atoms with E-state index in [2.05, 4.69) is 20.9 Å². The number of rotatable bonds is 4. The minimum Gasteiger partial charge on any atom is -0.466 e. The molecule has 4 nitrogen and oxygen atoms in total. The van der Waals surface area contributed by atoms with Gasteiger partial charge in [0.05, 0.1) is 12.8 Å². The number of ether oxygens (including phenoxy) is 1. The van der Waals surface area contributed by atoms with Gasteiger partial charge >= 0.3 is 5.97 Å². The van der Waals surface area contributed by atoms with Crippen molar-refractivity contribution in [2.24, 2.45) is 0 Å². The average molecular weight is 362 g/mol. The van der Waals surface area contributed by atoms with Gasteiger partial charge in [-0.3, -0.25) is 4.98 Å². The topological polar surface area (TPSA) is 59.4 Å². The van der Waals surface area contributed by atoms with Crippen LogP contribution in [0.4, 0.5) is 0 Å². The maximum absolute atomic E-state index is 11.5. The van der Waals surface area contributed by atoms with Crippen molar-refractivity contribution in [1.82, 2.24) is 4.98 Å². The molecule has 0 spiro atoms. The van der Waals surface area contributed by atoms with Gasteiger partial charge in [-0.15, -0.1) is 0 Å². The van der Waals surface area contributed by atoms with E-state index in [1.807, 2.05) is 30.3 Å². The summed E-state index contributed by atoms with van der Waals surface area (Å²) in [6.45, 7) is 1.67. The van der Waals surface area contributed by atoms with Crippen molar-refractivity contribution in [3.63, 3.8) is 0 Å². The minimum absolute atomic E-state index is 0.397. The summed E-state index contributed by atoms with van der Waals surface area (Å²) in [5.41, 5.74) is 2.44. The summed E-state index contributed by atoms with van der Waals surface area (Å²) in [6, 6.07) is 10.9. The predicted molar refractivity (Wildman–Crippen MR) is 88.1 cm³/mol. The Morgan fingerprint density at radius 2 is 2.05 bits per heavy atom. The molecule has 0 aliphatic rings. The number of benzene rings is 1. The average Bonchev–Trinajstić information content (AvgIpc) is 2.54. The highest BCUT2D eigenvalue weighted by Crippen LogP contribution is 2.26. The van der Waals surface area contributed by atoms with Crippen LogP contribution in [0.25, 0.3) is 6.08 Å². The van der Waals surface area contributed by atoms with E-state index in [0.29, 0.717) is 16.8 Å². The lowest BCUT2D eigenvalue weighted by Crippen LogP contribution is -2.05. The molecule has 1 unspecified atom stereocenters. The zero-order chi connectivity index (χ0) is 16.1. The van der Waals surface area contributed by atoms with E-state index in [1.54, 1.807) is 25.3 Å². The number of halogens is 1. The molecule has 0 aliphatic carbocycles. The molecule has 114 valence electrons. The Morgan fingerprint density at radius 3 is 2.68 bits per heavy atom. The molecule has 0 aliphatic heterocycles. The van der Waals surface area contributed by atoms with Crippen LogP contribution in [0.1, 0.15) is 29.8 Å². The van der Waals surface area contributed by atoms with Crippen LogP contribution in [-0.2, 0) is 9.53 Å². The smallest absolute Gasteiger partial charge is 0.333 e. The van der Waals surface area contributed by atoms with Crippen LogP contribution in [0, 0.1) is 0 Å². The van der Waals surface area contributed by atoms with Crippen molar-refractivity contribution in [2.45, 2.75) is 13.0 Å². The monoisotopic (exact) mass is 361 g/mol. The molecule has 0 bridgehead atoms. The quantitative estimate of drug-likeness (QED) is 0.668. The molecule has 0 fully saturated rings. The number of nitrogens with zero attached hydrogens (tertiary/aromatic N) is 1. The molecule has 1 heterocycles. The molecule has 0 radical (unpaired) electrons. The van der Waals surface area contributed by atoms with E-state index in [4.69, 9.17) is 4.74 Å². The van der Waals surface area contributed by atoms with Gasteiger partial charge < -0.3 is 9.84 Å². The summed E-state index contributed by atoms with van der Waals surface area (Å²) in [4.78, 5) is 15.8. The maximum Gasteiger partial charge on any atom is 0.333 e. The Morgan fingerprint density at radius 1 is 1.32 bits per heavy atom. The number of esters is 1. The Balaban J connectivity index is 2.39. The maximum atomic E-state index is 11.5. The number of hydrogen-bond donors (Lipinski definition) is 1. The largest absolute Gasteiger partial charge is 0.466 e. The fourth-order valence-corrected chi connectivity index (χ4v) is 2.29. The summed E-state index contributed by atoms with van der Waals surface area (Å²) in [5.74, 6) is -0.397. The van der Waals surface area contributed by atoms with Crippen LogP contribution in [0.2, 0.25) is 0 Å². The molecule has 1 N–H and O–H groups in total. The zero-order valence-electron chi connectivity index (χ0n) is 12.3. The van der Waals surface area contributed by atoms with E-state index in [1.165, 1.54) is 7.11 Å². The first kappa shape index (κ1) is 16.4. The number of carbonyl (C=O) groups is 1. The number of aliphatic hydroxyl groups is 1. The SMILES string of the molecule is COC(=O)/C(C)=C/c1ccccc1C(O)c1ccc(Br)cn1. The van der Waals surface area contributed by atoms with E-state index in [0.717, 1.165) is 10.0 Å². The molecular formula is C17H16BrNO3.